The number of hydrazone groups is 1. The summed E-state index contributed by atoms with van der Waals surface area (Å²) >= 11 is 7.38. The molecular formula is C17H16ClFN4OS. The smallest absolute Gasteiger partial charge is 0.272 e. The lowest BCUT2D eigenvalue weighted by atomic mass is 10.2. The zero-order chi connectivity index (χ0) is 18.1. The van der Waals surface area contributed by atoms with Crippen LogP contribution in [-0.2, 0) is 6.54 Å². The van der Waals surface area contributed by atoms with E-state index in [1.807, 2.05) is 24.7 Å². The number of hydrogen-bond donors (Lipinski definition) is 1. The lowest BCUT2D eigenvalue weighted by molar-refractivity contribution is 0.0959. The average Bonchev–Trinajstić information content (AvgIpc) is 3.12. The van der Waals surface area contributed by atoms with E-state index >= 15 is 0 Å². The van der Waals surface area contributed by atoms with Gasteiger partial charge in [0.1, 0.15) is 10.7 Å². The van der Waals surface area contributed by atoms with Gasteiger partial charge in [-0.3, -0.25) is 9.48 Å². The van der Waals surface area contributed by atoms with Gasteiger partial charge < -0.3 is 0 Å². The van der Waals surface area contributed by atoms with Gasteiger partial charge in [0.15, 0.2) is 0 Å². The second-order valence-corrected chi connectivity index (χ2v) is 6.94. The molecule has 1 aromatic carbocycles. The summed E-state index contributed by atoms with van der Waals surface area (Å²) in [5, 5.41) is 9.46. The number of fused-ring (bicyclic) bond motifs is 1. The van der Waals surface area contributed by atoms with E-state index in [1.165, 1.54) is 12.1 Å². The third-order valence-corrected chi connectivity index (χ3v) is 5.44. The minimum Gasteiger partial charge on any atom is -0.272 e. The number of carbonyl (C=O) groups excluding carboxylic acids is 1. The van der Waals surface area contributed by atoms with Gasteiger partial charge >= 0.3 is 0 Å². The Morgan fingerprint density at radius 3 is 2.92 bits per heavy atom. The molecule has 0 aliphatic heterocycles. The molecule has 0 aliphatic carbocycles. The Kier molecular flexibility index (Phi) is 4.87. The summed E-state index contributed by atoms with van der Waals surface area (Å²) in [7, 11) is 0. The molecule has 0 saturated heterocycles. The van der Waals surface area contributed by atoms with Gasteiger partial charge in [-0.1, -0.05) is 11.6 Å². The van der Waals surface area contributed by atoms with Gasteiger partial charge in [-0.2, -0.15) is 10.2 Å². The monoisotopic (exact) mass is 378 g/mol. The van der Waals surface area contributed by atoms with E-state index in [4.69, 9.17) is 11.6 Å². The summed E-state index contributed by atoms with van der Waals surface area (Å²) in [6.45, 7) is 6.44. The Hall–Kier alpha value is -2.25. The molecule has 3 aromatic rings. The summed E-state index contributed by atoms with van der Waals surface area (Å²) in [5.41, 5.74) is 4.87. The van der Waals surface area contributed by atoms with Crippen LogP contribution in [0.5, 0.6) is 0 Å². The Morgan fingerprint density at radius 1 is 1.48 bits per heavy atom. The van der Waals surface area contributed by atoms with Crippen LogP contribution in [0, 0.1) is 12.7 Å². The molecule has 0 saturated carbocycles. The van der Waals surface area contributed by atoms with Crippen molar-refractivity contribution >= 4 is 44.6 Å². The van der Waals surface area contributed by atoms with E-state index in [1.54, 1.807) is 13.0 Å². The van der Waals surface area contributed by atoms with Crippen molar-refractivity contribution < 1.29 is 9.18 Å². The maximum absolute atomic E-state index is 13.3. The summed E-state index contributed by atoms with van der Waals surface area (Å²) < 4.78 is 15.8. The van der Waals surface area contributed by atoms with E-state index in [9.17, 15) is 9.18 Å². The number of hydrogen-bond acceptors (Lipinski definition) is 4. The van der Waals surface area contributed by atoms with Crippen molar-refractivity contribution in [3.8, 4) is 0 Å². The van der Waals surface area contributed by atoms with Crippen LogP contribution in [0.25, 0.3) is 10.1 Å². The molecule has 130 valence electrons. The molecule has 0 atom stereocenters. The van der Waals surface area contributed by atoms with Crippen molar-refractivity contribution in [2.75, 3.05) is 0 Å². The first-order chi connectivity index (χ1) is 11.9. The zero-order valence-corrected chi connectivity index (χ0v) is 15.5. The van der Waals surface area contributed by atoms with E-state index < -0.39 is 5.91 Å². The number of aryl methyl sites for hydroxylation is 2. The molecule has 0 radical (unpaired) electrons. The second kappa shape index (κ2) is 6.93. The molecule has 0 fully saturated rings. The first-order valence-corrected chi connectivity index (χ1v) is 8.86. The van der Waals surface area contributed by atoms with E-state index in [0.717, 1.165) is 29.1 Å². The number of rotatable bonds is 4. The van der Waals surface area contributed by atoms with Gasteiger partial charge in [-0.05, 0) is 39.0 Å². The maximum Gasteiger partial charge on any atom is 0.283 e. The lowest BCUT2D eigenvalue weighted by Gasteiger charge is -2.01. The molecule has 3 rings (SSSR count). The predicted molar refractivity (Wildman–Crippen MR) is 99.1 cm³/mol. The minimum atomic E-state index is -0.425. The van der Waals surface area contributed by atoms with Gasteiger partial charge in [0.05, 0.1) is 16.4 Å². The van der Waals surface area contributed by atoms with Gasteiger partial charge in [-0.15, -0.1) is 11.3 Å². The quantitative estimate of drug-likeness (QED) is 0.541. The fraction of sp³-hybridized carbons (Fsp3) is 0.235. The largest absolute Gasteiger partial charge is 0.283 e. The molecule has 0 aliphatic rings. The molecule has 2 heterocycles. The highest BCUT2D eigenvalue weighted by Crippen LogP contribution is 2.35. The van der Waals surface area contributed by atoms with E-state index in [0.29, 0.717) is 25.7 Å². The van der Waals surface area contributed by atoms with Gasteiger partial charge in [0.2, 0.25) is 0 Å². The van der Waals surface area contributed by atoms with Crippen LogP contribution in [0.4, 0.5) is 4.39 Å². The zero-order valence-electron chi connectivity index (χ0n) is 13.9. The molecule has 1 N–H and O–H groups in total. The number of aromatic nitrogens is 2. The normalized spacial score (nSPS) is 12.0. The van der Waals surface area contributed by atoms with Crippen LogP contribution in [-0.4, -0.2) is 21.4 Å². The number of halogens is 2. The first-order valence-electron chi connectivity index (χ1n) is 7.67. The van der Waals surface area contributed by atoms with E-state index in [-0.39, 0.29) is 5.82 Å². The topological polar surface area (TPSA) is 59.3 Å². The van der Waals surface area contributed by atoms with Crippen molar-refractivity contribution in [3.63, 3.8) is 0 Å². The number of nitrogens with one attached hydrogen (secondary N) is 1. The molecule has 0 bridgehead atoms. The van der Waals surface area contributed by atoms with Crippen LogP contribution in [0.3, 0.4) is 0 Å². The number of amides is 1. The Morgan fingerprint density at radius 2 is 2.24 bits per heavy atom. The van der Waals surface area contributed by atoms with Crippen molar-refractivity contribution in [1.82, 2.24) is 15.2 Å². The van der Waals surface area contributed by atoms with Gasteiger partial charge in [-0.25, -0.2) is 9.82 Å². The maximum atomic E-state index is 13.3. The summed E-state index contributed by atoms with van der Waals surface area (Å²) in [6.07, 6.45) is 1.88. The van der Waals surface area contributed by atoms with Crippen LogP contribution < -0.4 is 5.43 Å². The van der Waals surface area contributed by atoms with Gasteiger partial charge in [0, 0.05) is 28.4 Å². The van der Waals surface area contributed by atoms with E-state index in [2.05, 4.69) is 15.6 Å². The Balaban J connectivity index is 1.84. The molecule has 0 spiro atoms. The van der Waals surface area contributed by atoms with Crippen molar-refractivity contribution in [2.24, 2.45) is 5.10 Å². The van der Waals surface area contributed by atoms with Gasteiger partial charge in [0.25, 0.3) is 5.91 Å². The summed E-state index contributed by atoms with van der Waals surface area (Å²) in [6, 6.07) is 4.25. The lowest BCUT2D eigenvalue weighted by Crippen LogP contribution is -2.18. The molecular weight excluding hydrogens is 363 g/mol. The third-order valence-electron chi connectivity index (χ3n) is 3.78. The van der Waals surface area contributed by atoms with Crippen molar-refractivity contribution in [2.45, 2.75) is 27.3 Å². The number of benzene rings is 1. The molecule has 1 amide bonds. The second-order valence-electron chi connectivity index (χ2n) is 5.51. The van der Waals surface area contributed by atoms with Crippen molar-refractivity contribution in [3.05, 3.63) is 51.4 Å². The van der Waals surface area contributed by atoms with Crippen LogP contribution in [0.15, 0.2) is 29.5 Å². The fourth-order valence-corrected chi connectivity index (χ4v) is 3.90. The molecule has 8 heteroatoms. The first kappa shape index (κ1) is 17.6. The summed E-state index contributed by atoms with van der Waals surface area (Å²) in [5.74, 6) is -0.791. The predicted octanol–water partition coefficient (Wildman–Crippen LogP) is 4.37. The number of thiophene rings is 1. The van der Waals surface area contributed by atoms with Crippen LogP contribution in [0.2, 0.25) is 5.02 Å². The fourth-order valence-electron chi connectivity index (χ4n) is 2.47. The SMILES string of the molecule is CCn1cc(C(C)=NNC(=O)c2sc3cc(F)ccc3c2Cl)c(C)n1. The third kappa shape index (κ3) is 3.43. The number of nitrogens with zero attached hydrogens (tertiary/aromatic N) is 3. The standard InChI is InChI=1S/C17H16ClFN4OS/c1-4-23-8-13(10(3)22-23)9(2)20-21-17(24)16-15(18)12-6-5-11(19)7-14(12)25-16/h5-8H,4H2,1-3H3,(H,21,24). The highest BCUT2D eigenvalue weighted by molar-refractivity contribution is 7.21. The Labute approximate surface area is 153 Å². The molecule has 0 unspecified atom stereocenters. The minimum absolute atomic E-state index is 0.305. The Bertz CT molecular complexity index is 992. The molecule has 5 nitrogen and oxygen atoms in total. The van der Waals surface area contributed by atoms with Crippen LogP contribution >= 0.6 is 22.9 Å². The molecule has 2 aromatic heterocycles. The van der Waals surface area contributed by atoms with Crippen LogP contribution in [0.1, 0.15) is 34.8 Å². The highest BCUT2D eigenvalue weighted by atomic mass is 35.5. The van der Waals surface area contributed by atoms with Crippen molar-refractivity contribution in [1.29, 1.82) is 0 Å². The number of carbonyl (C=O) groups is 1. The molecule has 25 heavy (non-hydrogen) atoms. The summed E-state index contributed by atoms with van der Waals surface area (Å²) in [4.78, 5) is 12.7. The average molecular weight is 379 g/mol. The highest BCUT2D eigenvalue weighted by Gasteiger charge is 2.17.